The van der Waals surface area contributed by atoms with Gasteiger partial charge in [-0.15, -0.1) is 0 Å². The number of ether oxygens (including phenoxy) is 3. The summed E-state index contributed by atoms with van der Waals surface area (Å²) >= 11 is 0. The van der Waals surface area contributed by atoms with E-state index >= 15 is 0 Å². The number of hydrogen-bond acceptors (Lipinski definition) is 8. The van der Waals surface area contributed by atoms with Crippen LogP contribution in [0.5, 0.6) is 23.0 Å². The molecule has 0 saturated carbocycles. The number of pyridine rings is 1. The first kappa shape index (κ1) is 27.8. The monoisotopic (exact) mass is 573 g/mol. The van der Waals surface area contributed by atoms with E-state index in [1.54, 1.807) is 25.4 Å². The molecule has 0 atom stereocenters. The van der Waals surface area contributed by atoms with Crippen LogP contribution >= 0.6 is 0 Å². The van der Waals surface area contributed by atoms with Crippen molar-refractivity contribution < 1.29 is 19.0 Å². The van der Waals surface area contributed by atoms with Crippen molar-refractivity contribution >= 4 is 33.3 Å². The number of rotatable bonds is 8. The number of anilines is 1. The maximum atomic E-state index is 13.4. The topological polar surface area (TPSA) is 100.0 Å². The third kappa shape index (κ3) is 5.61. The number of nitriles is 1. The molecule has 1 fully saturated rings. The summed E-state index contributed by atoms with van der Waals surface area (Å²) in [5, 5.41) is 14.7. The third-order valence-corrected chi connectivity index (χ3v) is 7.50. The minimum Gasteiger partial charge on any atom is -0.493 e. The molecule has 1 aromatic heterocycles. The number of hydrazine groups is 1. The third-order valence-electron chi connectivity index (χ3n) is 7.50. The van der Waals surface area contributed by atoms with Crippen LogP contribution in [0.2, 0.25) is 0 Å². The minimum atomic E-state index is -0.246. The lowest BCUT2D eigenvalue weighted by Gasteiger charge is -2.37. The summed E-state index contributed by atoms with van der Waals surface area (Å²) in [5.74, 6) is 2.12. The standard InChI is InChI=1S/C34H31N5O4/c1-3-42-32-20-28-27(19-31(32)41-2)33(24(21-35)22-36-28)38-15-17-39(18-16-38)37-34(40)26-12-6-7-13-30(26)43-29-14-8-10-23-9-4-5-11-25(23)29/h4-14,19-20,22H,3,15-18H2,1-2H3,(H,37,40). The number of para-hydroxylation sites is 1. The molecule has 216 valence electrons. The van der Waals surface area contributed by atoms with Crippen LogP contribution in [0.4, 0.5) is 5.69 Å². The fraction of sp³-hybridized carbons (Fsp3) is 0.206. The predicted octanol–water partition coefficient (Wildman–Crippen LogP) is 5.93. The van der Waals surface area contributed by atoms with Crippen LogP contribution in [0, 0.1) is 11.3 Å². The summed E-state index contributed by atoms with van der Waals surface area (Å²) in [6.45, 7) is 4.71. The number of nitrogens with zero attached hydrogens (tertiary/aromatic N) is 4. The van der Waals surface area contributed by atoms with Gasteiger partial charge in [0.05, 0.1) is 36.0 Å². The van der Waals surface area contributed by atoms with Crippen LogP contribution in [-0.4, -0.2) is 55.8 Å². The summed E-state index contributed by atoms with van der Waals surface area (Å²) < 4.78 is 17.6. The van der Waals surface area contributed by atoms with Gasteiger partial charge < -0.3 is 19.1 Å². The number of methoxy groups -OCH3 is 1. The highest BCUT2D eigenvalue weighted by atomic mass is 16.5. The van der Waals surface area contributed by atoms with Crippen molar-refractivity contribution in [2.75, 3.05) is 44.8 Å². The lowest BCUT2D eigenvalue weighted by Crippen LogP contribution is -2.53. The molecule has 2 heterocycles. The fourth-order valence-electron chi connectivity index (χ4n) is 5.43. The second-order valence-electron chi connectivity index (χ2n) is 10.1. The normalized spacial score (nSPS) is 13.5. The average molecular weight is 574 g/mol. The van der Waals surface area contributed by atoms with Gasteiger partial charge in [0.2, 0.25) is 0 Å². The molecule has 9 heteroatoms. The van der Waals surface area contributed by atoms with Gasteiger partial charge in [0.25, 0.3) is 5.91 Å². The largest absolute Gasteiger partial charge is 0.493 e. The molecule has 0 aliphatic carbocycles. The van der Waals surface area contributed by atoms with Crippen molar-refractivity contribution in [3.05, 3.63) is 96.2 Å². The van der Waals surface area contributed by atoms with Gasteiger partial charge in [0.1, 0.15) is 17.6 Å². The molecule has 4 aromatic carbocycles. The van der Waals surface area contributed by atoms with Crippen LogP contribution < -0.4 is 24.5 Å². The van der Waals surface area contributed by atoms with Crippen LogP contribution in [-0.2, 0) is 0 Å². The zero-order valence-corrected chi connectivity index (χ0v) is 24.0. The van der Waals surface area contributed by atoms with Gasteiger partial charge in [-0.3, -0.25) is 15.2 Å². The Bertz CT molecular complexity index is 1840. The van der Waals surface area contributed by atoms with Crippen LogP contribution in [0.25, 0.3) is 21.7 Å². The Morgan fingerprint density at radius 1 is 0.907 bits per heavy atom. The van der Waals surface area contributed by atoms with E-state index in [9.17, 15) is 10.1 Å². The second-order valence-corrected chi connectivity index (χ2v) is 10.1. The van der Waals surface area contributed by atoms with E-state index in [-0.39, 0.29) is 5.91 Å². The summed E-state index contributed by atoms with van der Waals surface area (Å²) in [7, 11) is 1.59. The Morgan fingerprint density at radius 2 is 1.65 bits per heavy atom. The lowest BCUT2D eigenvalue weighted by molar-refractivity contribution is 0.0775. The number of nitrogens with one attached hydrogen (secondary N) is 1. The quantitative estimate of drug-likeness (QED) is 0.244. The fourth-order valence-corrected chi connectivity index (χ4v) is 5.43. The number of piperazine rings is 1. The molecule has 0 bridgehead atoms. The Balaban J connectivity index is 1.19. The highest BCUT2D eigenvalue weighted by molar-refractivity contribution is 5.98. The predicted molar refractivity (Wildman–Crippen MR) is 166 cm³/mol. The van der Waals surface area contributed by atoms with Crippen LogP contribution in [0.1, 0.15) is 22.8 Å². The Kier molecular flexibility index (Phi) is 7.94. The zero-order valence-electron chi connectivity index (χ0n) is 24.0. The highest BCUT2D eigenvalue weighted by Crippen LogP contribution is 2.38. The maximum absolute atomic E-state index is 13.4. The van der Waals surface area contributed by atoms with Gasteiger partial charge in [-0.1, -0.05) is 48.5 Å². The number of hydrogen-bond donors (Lipinski definition) is 1. The number of carbonyl (C=O) groups is 1. The number of carbonyl (C=O) groups excluding carboxylic acids is 1. The minimum absolute atomic E-state index is 0.246. The average Bonchev–Trinajstić information content (AvgIpc) is 3.05. The first-order chi connectivity index (χ1) is 21.1. The van der Waals surface area contributed by atoms with E-state index in [1.165, 1.54) is 0 Å². The number of amides is 1. The number of aromatic nitrogens is 1. The number of benzene rings is 4. The Hall–Kier alpha value is -5.33. The molecule has 1 amide bonds. The van der Waals surface area contributed by atoms with Crippen molar-refractivity contribution in [2.45, 2.75) is 6.92 Å². The van der Waals surface area contributed by atoms with Crippen molar-refractivity contribution in [3.63, 3.8) is 0 Å². The molecular weight excluding hydrogens is 542 g/mol. The van der Waals surface area contributed by atoms with E-state index in [1.807, 2.05) is 78.7 Å². The summed E-state index contributed by atoms with van der Waals surface area (Å²) in [5.41, 5.74) is 5.50. The van der Waals surface area contributed by atoms with Gasteiger partial charge in [-0.05, 0) is 36.6 Å². The van der Waals surface area contributed by atoms with Gasteiger partial charge in [0, 0.05) is 49.2 Å². The van der Waals surface area contributed by atoms with E-state index < -0.39 is 0 Å². The molecular formula is C34H31N5O4. The first-order valence-electron chi connectivity index (χ1n) is 14.2. The van der Waals surface area contributed by atoms with Gasteiger partial charge in [-0.2, -0.15) is 5.26 Å². The molecule has 1 N–H and O–H groups in total. The van der Waals surface area contributed by atoms with Gasteiger partial charge >= 0.3 is 0 Å². The molecule has 0 unspecified atom stereocenters. The van der Waals surface area contributed by atoms with Gasteiger partial charge in [0.15, 0.2) is 11.5 Å². The van der Waals surface area contributed by atoms with E-state index in [4.69, 9.17) is 14.2 Å². The first-order valence-corrected chi connectivity index (χ1v) is 14.2. The van der Waals surface area contributed by atoms with Crippen molar-refractivity contribution in [1.29, 1.82) is 5.26 Å². The zero-order chi connectivity index (χ0) is 29.8. The molecule has 6 rings (SSSR count). The van der Waals surface area contributed by atoms with Crippen molar-refractivity contribution in [2.24, 2.45) is 0 Å². The van der Waals surface area contributed by atoms with Crippen molar-refractivity contribution in [3.8, 4) is 29.1 Å². The van der Waals surface area contributed by atoms with Crippen molar-refractivity contribution in [1.82, 2.24) is 15.4 Å². The Labute approximate surface area is 249 Å². The summed E-state index contributed by atoms with van der Waals surface area (Å²) in [6, 6.07) is 27.1. The molecule has 0 spiro atoms. The lowest BCUT2D eigenvalue weighted by atomic mass is 10.1. The summed E-state index contributed by atoms with van der Waals surface area (Å²) in [4.78, 5) is 20.1. The van der Waals surface area contributed by atoms with Crippen LogP contribution in [0.3, 0.4) is 0 Å². The maximum Gasteiger partial charge on any atom is 0.269 e. The summed E-state index contributed by atoms with van der Waals surface area (Å²) in [6.07, 6.45) is 1.60. The molecule has 43 heavy (non-hydrogen) atoms. The molecule has 1 aliphatic heterocycles. The molecule has 5 aromatic rings. The van der Waals surface area contributed by atoms with E-state index in [2.05, 4.69) is 21.4 Å². The Morgan fingerprint density at radius 3 is 2.44 bits per heavy atom. The highest BCUT2D eigenvalue weighted by Gasteiger charge is 2.25. The molecule has 1 saturated heterocycles. The van der Waals surface area contributed by atoms with Crippen LogP contribution in [0.15, 0.2) is 85.1 Å². The SMILES string of the molecule is CCOc1cc2ncc(C#N)c(N3CCN(NC(=O)c4ccccc4Oc4cccc5ccccc45)CC3)c2cc1OC. The smallest absolute Gasteiger partial charge is 0.269 e. The number of fused-ring (bicyclic) bond motifs is 2. The molecule has 9 nitrogen and oxygen atoms in total. The second kappa shape index (κ2) is 12.3. The van der Waals surface area contributed by atoms with E-state index in [0.717, 1.165) is 27.4 Å². The van der Waals surface area contributed by atoms with E-state index in [0.29, 0.717) is 66.9 Å². The van der Waals surface area contributed by atoms with Gasteiger partial charge in [-0.25, -0.2) is 5.01 Å². The molecule has 0 radical (unpaired) electrons. The molecule has 1 aliphatic rings.